The summed E-state index contributed by atoms with van der Waals surface area (Å²) < 4.78 is 11.0. The number of benzene rings is 1. The molecule has 3 heterocycles. The molecule has 0 amide bonds. The Hall–Kier alpha value is -2.22. The van der Waals surface area contributed by atoms with Gasteiger partial charge in [0.15, 0.2) is 5.82 Å². The topological polar surface area (TPSA) is 79.7 Å². The number of nitrogens with zero attached hydrogens (tertiary/aromatic N) is 3. The number of fused-ring (bicyclic) bond motifs is 1. The highest BCUT2D eigenvalue weighted by Crippen LogP contribution is 2.35. The number of methoxy groups -OCH3 is 1. The fourth-order valence-electron chi connectivity index (χ4n) is 4.24. The van der Waals surface area contributed by atoms with Crippen LogP contribution in [0.1, 0.15) is 29.5 Å². The second kappa shape index (κ2) is 9.07. The minimum absolute atomic E-state index is 0.245. The number of aryl methyl sites for hydroxylation is 1. The molecule has 0 spiro atoms. The Kier molecular flexibility index (Phi) is 6.28. The Morgan fingerprint density at radius 1 is 1.31 bits per heavy atom. The van der Waals surface area contributed by atoms with Gasteiger partial charge in [-0.1, -0.05) is 6.07 Å². The first-order chi connectivity index (χ1) is 14.2. The fraction of sp³-hybridized carbons (Fsp3) is 0.545. The highest BCUT2D eigenvalue weighted by atomic mass is 16.5. The van der Waals surface area contributed by atoms with Gasteiger partial charge in [-0.2, -0.15) is 0 Å². The van der Waals surface area contributed by atoms with Crippen LogP contribution in [-0.4, -0.2) is 66.2 Å². The maximum atomic E-state index is 10.4. The van der Waals surface area contributed by atoms with Crippen molar-refractivity contribution >= 4 is 5.82 Å². The number of ether oxygens (including phenoxy) is 2. The molecule has 29 heavy (non-hydrogen) atoms. The number of aromatic hydroxyl groups is 1. The van der Waals surface area contributed by atoms with Gasteiger partial charge in [-0.05, 0) is 56.0 Å². The summed E-state index contributed by atoms with van der Waals surface area (Å²) in [5.41, 5.74) is 4.70. The molecule has 156 valence electrons. The zero-order valence-electron chi connectivity index (χ0n) is 17.3. The van der Waals surface area contributed by atoms with Crippen molar-refractivity contribution in [3.05, 3.63) is 34.9 Å². The summed E-state index contributed by atoms with van der Waals surface area (Å²) in [5, 5.41) is 23.1. The van der Waals surface area contributed by atoms with Gasteiger partial charge in [0.25, 0.3) is 0 Å². The van der Waals surface area contributed by atoms with Crippen LogP contribution in [0.25, 0.3) is 11.3 Å². The average molecular weight is 399 g/mol. The molecule has 1 atom stereocenters. The lowest BCUT2D eigenvalue weighted by Gasteiger charge is -2.34. The summed E-state index contributed by atoms with van der Waals surface area (Å²) in [6.45, 7) is 6.93. The molecule has 1 aromatic carbocycles. The van der Waals surface area contributed by atoms with E-state index in [0.29, 0.717) is 19.3 Å². The molecule has 1 aromatic heterocycles. The molecule has 2 aliphatic rings. The molecule has 7 heteroatoms. The molecule has 4 rings (SSSR count). The van der Waals surface area contributed by atoms with Crippen LogP contribution in [0.2, 0.25) is 0 Å². The lowest BCUT2D eigenvalue weighted by Crippen LogP contribution is -2.43. The normalized spacial score (nSPS) is 19.7. The summed E-state index contributed by atoms with van der Waals surface area (Å²) in [6.07, 6.45) is 3.04. The lowest BCUT2D eigenvalue weighted by molar-refractivity contribution is 0.110. The van der Waals surface area contributed by atoms with Crippen molar-refractivity contribution in [2.75, 3.05) is 45.3 Å². The third-order valence-electron chi connectivity index (χ3n) is 5.80. The summed E-state index contributed by atoms with van der Waals surface area (Å²) in [6, 6.07) is 6.02. The van der Waals surface area contributed by atoms with E-state index in [-0.39, 0.29) is 5.75 Å². The van der Waals surface area contributed by atoms with E-state index in [1.165, 1.54) is 0 Å². The lowest BCUT2D eigenvalue weighted by atomic mass is 9.96. The predicted molar refractivity (Wildman–Crippen MR) is 112 cm³/mol. The molecule has 2 N–H and O–H groups in total. The molecular weight excluding hydrogens is 368 g/mol. The van der Waals surface area contributed by atoms with Gasteiger partial charge in [0.1, 0.15) is 11.4 Å². The van der Waals surface area contributed by atoms with Gasteiger partial charge in [-0.3, -0.25) is 4.90 Å². The number of likely N-dealkylation sites (tertiary alicyclic amines) is 1. The fourth-order valence-corrected chi connectivity index (χ4v) is 4.24. The third-order valence-corrected chi connectivity index (χ3v) is 5.80. The Labute approximate surface area is 172 Å². The Morgan fingerprint density at radius 3 is 3.03 bits per heavy atom. The van der Waals surface area contributed by atoms with Crippen LogP contribution in [0.5, 0.6) is 5.75 Å². The predicted octanol–water partition coefficient (Wildman–Crippen LogP) is 2.75. The maximum Gasteiger partial charge on any atom is 0.154 e. The number of hydrogen-bond donors (Lipinski definition) is 2. The van der Waals surface area contributed by atoms with E-state index >= 15 is 0 Å². The van der Waals surface area contributed by atoms with E-state index in [4.69, 9.17) is 9.47 Å². The summed E-state index contributed by atoms with van der Waals surface area (Å²) in [7, 11) is 1.74. The highest BCUT2D eigenvalue weighted by Gasteiger charge is 2.25. The number of anilines is 1. The number of hydrogen-bond acceptors (Lipinski definition) is 7. The minimum Gasteiger partial charge on any atom is -0.507 e. The minimum atomic E-state index is 0.245. The van der Waals surface area contributed by atoms with E-state index < -0.39 is 0 Å². The molecular formula is C22H30N4O3. The van der Waals surface area contributed by atoms with E-state index in [1.54, 1.807) is 13.2 Å². The number of nitrogens with one attached hydrogen (secondary N) is 1. The van der Waals surface area contributed by atoms with Crippen LogP contribution in [0.3, 0.4) is 0 Å². The van der Waals surface area contributed by atoms with Gasteiger partial charge < -0.3 is 19.9 Å². The van der Waals surface area contributed by atoms with Gasteiger partial charge in [-0.25, -0.2) is 0 Å². The van der Waals surface area contributed by atoms with Crippen molar-refractivity contribution in [1.82, 2.24) is 15.1 Å². The Balaban J connectivity index is 1.59. The summed E-state index contributed by atoms with van der Waals surface area (Å²) >= 11 is 0. The number of phenols is 1. The Morgan fingerprint density at radius 2 is 2.21 bits per heavy atom. The largest absolute Gasteiger partial charge is 0.507 e. The van der Waals surface area contributed by atoms with E-state index in [1.807, 2.05) is 19.1 Å². The number of phenolic OH excluding ortho intramolecular Hbond substituents is 1. The molecule has 1 unspecified atom stereocenters. The van der Waals surface area contributed by atoms with Crippen molar-refractivity contribution in [3.63, 3.8) is 0 Å². The number of aromatic nitrogens is 2. The Bertz CT molecular complexity index is 858. The molecule has 0 bridgehead atoms. The first-order valence-corrected chi connectivity index (χ1v) is 10.4. The van der Waals surface area contributed by atoms with Crippen LogP contribution in [-0.2, 0) is 22.5 Å². The van der Waals surface area contributed by atoms with Crippen LogP contribution in [0.15, 0.2) is 18.2 Å². The second-order valence-electron chi connectivity index (χ2n) is 7.95. The van der Waals surface area contributed by atoms with Gasteiger partial charge in [0, 0.05) is 37.4 Å². The zero-order chi connectivity index (χ0) is 20.2. The van der Waals surface area contributed by atoms with E-state index in [9.17, 15) is 5.11 Å². The molecule has 0 aliphatic carbocycles. The monoisotopic (exact) mass is 398 g/mol. The molecule has 1 saturated heterocycles. The molecule has 0 saturated carbocycles. The second-order valence-corrected chi connectivity index (χ2v) is 7.95. The summed E-state index contributed by atoms with van der Waals surface area (Å²) in [4.78, 5) is 2.43. The van der Waals surface area contributed by atoms with Crippen molar-refractivity contribution in [2.45, 2.75) is 38.8 Å². The molecule has 2 aromatic rings. The van der Waals surface area contributed by atoms with Crippen molar-refractivity contribution in [2.24, 2.45) is 0 Å². The maximum absolute atomic E-state index is 10.4. The van der Waals surface area contributed by atoms with Crippen LogP contribution >= 0.6 is 0 Å². The van der Waals surface area contributed by atoms with Crippen LogP contribution in [0.4, 0.5) is 5.82 Å². The van der Waals surface area contributed by atoms with Gasteiger partial charge in [-0.15, -0.1) is 10.2 Å². The van der Waals surface area contributed by atoms with Gasteiger partial charge in [0.2, 0.25) is 0 Å². The molecule has 0 radical (unpaired) electrons. The first-order valence-electron chi connectivity index (χ1n) is 10.4. The van der Waals surface area contributed by atoms with Crippen LogP contribution < -0.4 is 5.32 Å². The standard InChI is InChI=1S/C22H30N4O3/c1-15-5-6-18(20(27)12-15)21-17-7-10-29-14-19(17)22(25-24-21)23-16-4-3-8-26(13-16)9-11-28-2/h5-6,12,16,27H,3-4,7-11,13-14H2,1-2H3,(H,23,25). The quantitative estimate of drug-likeness (QED) is 0.774. The van der Waals surface area contributed by atoms with Crippen LogP contribution in [0, 0.1) is 6.92 Å². The SMILES string of the molecule is COCCN1CCCC(Nc2nnc(-c3ccc(C)cc3O)c3c2COCC3)C1. The summed E-state index contributed by atoms with van der Waals surface area (Å²) in [5.74, 6) is 1.06. The number of piperidine rings is 1. The highest BCUT2D eigenvalue weighted by molar-refractivity contribution is 5.72. The molecule has 7 nitrogen and oxygen atoms in total. The number of rotatable bonds is 6. The van der Waals surface area contributed by atoms with E-state index in [0.717, 1.165) is 79.3 Å². The van der Waals surface area contributed by atoms with E-state index in [2.05, 4.69) is 20.4 Å². The first kappa shape index (κ1) is 20.1. The van der Waals surface area contributed by atoms with Gasteiger partial charge in [0.05, 0.1) is 19.8 Å². The van der Waals surface area contributed by atoms with Crippen molar-refractivity contribution < 1.29 is 14.6 Å². The van der Waals surface area contributed by atoms with Crippen molar-refractivity contribution in [1.29, 1.82) is 0 Å². The molecule has 1 fully saturated rings. The third kappa shape index (κ3) is 4.52. The zero-order valence-corrected chi connectivity index (χ0v) is 17.3. The van der Waals surface area contributed by atoms with Gasteiger partial charge >= 0.3 is 0 Å². The smallest absolute Gasteiger partial charge is 0.154 e. The molecule has 2 aliphatic heterocycles. The van der Waals surface area contributed by atoms with Crippen molar-refractivity contribution in [3.8, 4) is 17.0 Å². The average Bonchev–Trinajstić information content (AvgIpc) is 2.73.